The maximum Gasteiger partial charge on any atom is 0.418 e. The average Bonchev–Trinajstić information content (AvgIpc) is 2.46. The molecule has 0 radical (unpaired) electrons. The number of carbonyl (C=O) groups is 1. The summed E-state index contributed by atoms with van der Waals surface area (Å²) in [7, 11) is 0. The van der Waals surface area contributed by atoms with E-state index in [0.29, 0.717) is 0 Å². The first kappa shape index (κ1) is 12.2. The van der Waals surface area contributed by atoms with Crippen molar-refractivity contribution in [2.24, 2.45) is 0 Å². The summed E-state index contributed by atoms with van der Waals surface area (Å²) in [6.07, 6.45) is 0.412. The molecular formula is C11H13FN2O2. The number of ether oxygens (including phenoxy) is 1. The van der Waals surface area contributed by atoms with Crippen LogP contribution in [0.15, 0.2) is 12.3 Å². The van der Waals surface area contributed by atoms with Gasteiger partial charge in [-0.3, -0.25) is 4.57 Å². The second kappa shape index (κ2) is 4.35. The molecule has 0 aliphatic heterocycles. The van der Waals surface area contributed by atoms with Crippen LogP contribution in [0.2, 0.25) is 0 Å². The van der Waals surface area contributed by atoms with Gasteiger partial charge in [0.05, 0.1) is 18.2 Å². The van der Waals surface area contributed by atoms with E-state index in [9.17, 15) is 9.18 Å². The number of halogens is 1. The van der Waals surface area contributed by atoms with E-state index in [4.69, 9.17) is 10.00 Å². The minimum atomic E-state index is -0.679. The molecule has 0 saturated carbocycles. The van der Waals surface area contributed by atoms with Gasteiger partial charge in [-0.2, -0.15) is 5.26 Å². The normalized spacial score (nSPS) is 10.9. The summed E-state index contributed by atoms with van der Waals surface area (Å²) in [5, 5.41) is 8.52. The van der Waals surface area contributed by atoms with Gasteiger partial charge >= 0.3 is 6.09 Å². The van der Waals surface area contributed by atoms with Gasteiger partial charge in [0.25, 0.3) is 0 Å². The van der Waals surface area contributed by atoms with Gasteiger partial charge in [-0.25, -0.2) is 9.18 Å². The smallest absolute Gasteiger partial charge is 0.418 e. The standard InChI is InChI=1S/C11H13FN2O2/c1-11(2,3)16-10(15)14-7-5-8(12)9(14)4-6-13/h5,7H,4H2,1-3H3. The molecule has 1 aromatic rings. The number of hydrogen-bond donors (Lipinski definition) is 0. The predicted octanol–water partition coefficient (Wildman–Crippen LogP) is 2.48. The van der Waals surface area contributed by atoms with Gasteiger partial charge in [-0.15, -0.1) is 0 Å². The summed E-state index contributed by atoms with van der Waals surface area (Å²) >= 11 is 0. The highest BCUT2D eigenvalue weighted by Crippen LogP contribution is 2.14. The third kappa shape index (κ3) is 2.83. The molecule has 0 aliphatic carbocycles. The van der Waals surface area contributed by atoms with Crippen LogP contribution in [0.1, 0.15) is 26.5 Å². The zero-order valence-corrected chi connectivity index (χ0v) is 9.45. The fourth-order valence-corrected chi connectivity index (χ4v) is 1.17. The lowest BCUT2D eigenvalue weighted by Gasteiger charge is -2.20. The first-order valence-electron chi connectivity index (χ1n) is 4.81. The number of carbonyl (C=O) groups excluding carboxylic acids is 1. The Hall–Kier alpha value is -1.83. The van der Waals surface area contributed by atoms with Gasteiger partial charge < -0.3 is 4.74 Å². The molecule has 0 unspecified atom stereocenters. The van der Waals surface area contributed by atoms with E-state index in [1.54, 1.807) is 26.8 Å². The fourth-order valence-electron chi connectivity index (χ4n) is 1.17. The highest BCUT2D eigenvalue weighted by molar-refractivity contribution is 5.72. The Morgan fingerprint density at radius 2 is 2.25 bits per heavy atom. The Labute approximate surface area is 93.2 Å². The maximum absolute atomic E-state index is 13.2. The second-order valence-corrected chi connectivity index (χ2v) is 4.30. The third-order valence-electron chi connectivity index (χ3n) is 1.77. The summed E-state index contributed by atoms with van der Waals surface area (Å²) in [6.45, 7) is 5.15. The molecule has 16 heavy (non-hydrogen) atoms. The molecule has 0 amide bonds. The van der Waals surface area contributed by atoms with E-state index in [1.807, 2.05) is 0 Å². The van der Waals surface area contributed by atoms with Crippen molar-refractivity contribution in [1.29, 1.82) is 5.26 Å². The van der Waals surface area contributed by atoms with Crippen LogP contribution in [0.3, 0.4) is 0 Å². The Kier molecular flexibility index (Phi) is 3.33. The van der Waals surface area contributed by atoms with Crippen molar-refractivity contribution in [3.8, 4) is 6.07 Å². The van der Waals surface area contributed by atoms with Gasteiger partial charge in [-0.1, -0.05) is 0 Å². The largest absolute Gasteiger partial charge is 0.443 e. The number of rotatable bonds is 1. The van der Waals surface area contributed by atoms with Crippen LogP contribution in [0.4, 0.5) is 9.18 Å². The predicted molar refractivity (Wildman–Crippen MR) is 55.3 cm³/mol. The molecule has 0 bridgehead atoms. The number of nitriles is 1. The lowest BCUT2D eigenvalue weighted by molar-refractivity contribution is 0.0532. The molecule has 0 atom stereocenters. The quantitative estimate of drug-likeness (QED) is 0.736. The van der Waals surface area contributed by atoms with Crippen molar-refractivity contribution >= 4 is 6.09 Å². The highest BCUT2D eigenvalue weighted by Gasteiger charge is 2.21. The summed E-state index contributed by atoms with van der Waals surface area (Å²) in [5.41, 5.74) is -0.626. The monoisotopic (exact) mass is 224 g/mol. The van der Waals surface area contributed by atoms with Crippen LogP contribution in [-0.2, 0) is 11.2 Å². The number of nitrogens with zero attached hydrogens (tertiary/aromatic N) is 2. The van der Waals surface area contributed by atoms with Crippen molar-refractivity contribution in [2.45, 2.75) is 32.8 Å². The van der Waals surface area contributed by atoms with Crippen LogP contribution in [0.5, 0.6) is 0 Å². The molecule has 5 heteroatoms. The molecule has 1 aromatic heterocycles. The van der Waals surface area contributed by atoms with E-state index < -0.39 is 17.5 Å². The minimum absolute atomic E-state index is 0.0248. The molecule has 0 fully saturated rings. The van der Waals surface area contributed by atoms with Gasteiger partial charge in [0.15, 0.2) is 0 Å². The molecule has 86 valence electrons. The van der Waals surface area contributed by atoms with Gasteiger partial charge in [-0.05, 0) is 26.8 Å². The van der Waals surface area contributed by atoms with Gasteiger partial charge in [0, 0.05) is 6.20 Å². The second-order valence-electron chi connectivity index (χ2n) is 4.30. The molecule has 0 saturated heterocycles. The van der Waals surface area contributed by atoms with Crippen molar-refractivity contribution in [2.75, 3.05) is 0 Å². The molecule has 0 N–H and O–H groups in total. The SMILES string of the molecule is CC(C)(C)OC(=O)n1ccc(F)c1CC#N. The van der Waals surface area contributed by atoms with Gasteiger partial charge in [0.2, 0.25) is 0 Å². The van der Waals surface area contributed by atoms with E-state index in [1.165, 1.54) is 6.20 Å². The lowest BCUT2D eigenvalue weighted by atomic mass is 10.2. The zero-order chi connectivity index (χ0) is 12.3. The third-order valence-corrected chi connectivity index (χ3v) is 1.77. The van der Waals surface area contributed by atoms with Crippen LogP contribution in [0, 0.1) is 17.1 Å². The molecular weight excluding hydrogens is 211 g/mol. The Morgan fingerprint density at radius 1 is 1.62 bits per heavy atom. The molecule has 0 aromatic carbocycles. The molecule has 4 nitrogen and oxygen atoms in total. The Morgan fingerprint density at radius 3 is 2.75 bits per heavy atom. The zero-order valence-electron chi connectivity index (χ0n) is 9.45. The molecule has 0 aliphatic rings. The van der Waals surface area contributed by atoms with Crippen LogP contribution >= 0.6 is 0 Å². The Bertz CT molecular complexity index is 438. The van der Waals surface area contributed by atoms with Crippen molar-refractivity contribution < 1.29 is 13.9 Å². The molecule has 1 rings (SSSR count). The lowest BCUT2D eigenvalue weighted by Crippen LogP contribution is -2.27. The average molecular weight is 224 g/mol. The van der Waals surface area contributed by atoms with Crippen LogP contribution in [-0.4, -0.2) is 16.3 Å². The molecule has 1 heterocycles. The van der Waals surface area contributed by atoms with E-state index in [2.05, 4.69) is 0 Å². The summed E-state index contributed by atoms with van der Waals surface area (Å²) in [4.78, 5) is 11.6. The van der Waals surface area contributed by atoms with E-state index in [-0.39, 0.29) is 12.1 Å². The van der Waals surface area contributed by atoms with Crippen molar-refractivity contribution in [1.82, 2.24) is 4.57 Å². The maximum atomic E-state index is 13.2. The Balaban J connectivity index is 2.97. The van der Waals surface area contributed by atoms with Crippen molar-refractivity contribution in [3.63, 3.8) is 0 Å². The van der Waals surface area contributed by atoms with E-state index >= 15 is 0 Å². The number of hydrogen-bond acceptors (Lipinski definition) is 3. The van der Waals surface area contributed by atoms with Crippen molar-refractivity contribution in [3.05, 3.63) is 23.8 Å². The minimum Gasteiger partial charge on any atom is -0.443 e. The summed E-state index contributed by atoms with van der Waals surface area (Å²) in [5.74, 6) is -0.576. The fraction of sp³-hybridized carbons (Fsp3) is 0.455. The topological polar surface area (TPSA) is 55.0 Å². The molecule has 0 spiro atoms. The van der Waals surface area contributed by atoms with Gasteiger partial charge in [0.1, 0.15) is 11.4 Å². The van der Waals surface area contributed by atoms with Crippen LogP contribution < -0.4 is 0 Å². The number of aromatic nitrogens is 1. The highest BCUT2D eigenvalue weighted by atomic mass is 19.1. The first-order chi connectivity index (χ1) is 7.35. The van der Waals surface area contributed by atoms with E-state index in [0.717, 1.165) is 10.6 Å². The first-order valence-corrected chi connectivity index (χ1v) is 4.81. The van der Waals surface area contributed by atoms with Crippen LogP contribution in [0.25, 0.3) is 0 Å². The summed E-state index contributed by atoms with van der Waals surface area (Å²) < 4.78 is 19.3. The summed E-state index contributed by atoms with van der Waals surface area (Å²) in [6, 6.07) is 2.94.